The summed E-state index contributed by atoms with van der Waals surface area (Å²) in [5, 5.41) is 0. The van der Waals surface area contributed by atoms with Crippen molar-refractivity contribution in [2.24, 2.45) is 23.7 Å². The Bertz CT molecular complexity index is 1250. The van der Waals surface area contributed by atoms with Crippen molar-refractivity contribution in [3.05, 3.63) is 89.0 Å². The first kappa shape index (κ1) is 29.8. The minimum absolute atomic E-state index is 0.0703. The lowest BCUT2D eigenvalue weighted by atomic mass is 9.64. The van der Waals surface area contributed by atoms with Gasteiger partial charge in [-0.05, 0) is 121 Å². The molecular formula is C38H48F2O. The van der Waals surface area contributed by atoms with Gasteiger partial charge in [-0.3, -0.25) is 0 Å². The molecule has 3 aromatic carbocycles. The summed E-state index contributed by atoms with van der Waals surface area (Å²) in [5.41, 5.74) is 5.94. The number of rotatable bonds is 11. The van der Waals surface area contributed by atoms with Gasteiger partial charge in [-0.25, -0.2) is 4.39 Å². The minimum Gasteiger partial charge on any atom is -0.490 e. The lowest BCUT2D eigenvalue weighted by Crippen LogP contribution is -2.32. The molecule has 0 saturated heterocycles. The highest BCUT2D eigenvalue weighted by Crippen LogP contribution is 2.48. The molecule has 5 rings (SSSR count). The van der Waals surface area contributed by atoms with Gasteiger partial charge in [0.1, 0.15) is 0 Å². The van der Waals surface area contributed by atoms with Crippen molar-refractivity contribution in [3.8, 4) is 16.9 Å². The van der Waals surface area contributed by atoms with Gasteiger partial charge >= 0.3 is 0 Å². The molecule has 1 nitrogen and oxygen atoms in total. The van der Waals surface area contributed by atoms with Crippen LogP contribution in [0.5, 0.6) is 5.75 Å². The maximum absolute atomic E-state index is 14.8. The predicted octanol–water partition coefficient (Wildman–Crippen LogP) is 10.9. The summed E-state index contributed by atoms with van der Waals surface area (Å²) < 4.78 is 35.3. The van der Waals surface area contributed by atoms with Crippen molar-refractivity contribution in [1.82, 2.24) is 0 Å². The van der Waals surface area contributed by atoms with Crippen molar-refractivity contribution in [2.75, 3.05) is 6.61 Å². The van der Waals surface area contributed by atoms with Crippen LogP contribution in [-0.2, 0) is 12.8 Å². The maximum Gasteiger partial charge on any atom is 0.200 e. The summed E-state index contributed by atoms with van der Waals surface area (Å²) in [6, 6.07) is 21.7. The fourth-order valence-corrected chi connectivity index (χ4v) is 7.23. The van der Waals surface area contributed by atoms with Gasteiger partial charge in [0.25, 0.3) is 0 Å². The number of ether oxygens (including phenoxy) is 1. The van der Waals surface area contributed by atoms with Crippen molar-refractivity contribution in [1.29, 1.82) is 0 Å². The molecule has 0 radical (unpaired) electrons. The molecule has 2 aliphatic rings. The van der Waals surface area contributed by atoms with Crippen LogP contribution in [0, 0.1) is 35.3 Å². The first-order chi connectivity index (χ1) is 19.9. The lowest BCUT2D eigenvalue weighted by Gasteiger charge is -2.42. The molecule has 0 aliphatic heterocycles. The quantitative estimate of drug-likeness (QED) is 0.227. The highest BCUT2D eigenvalue weighted by atomic mass is 19.2. The maximum atomic E-state index is 14.8. The SMILES string of the molecule is CCCc1ccc(-c2ccc(C3CCC4CC(COc5ccc(CCC(C)CC)c(F)c5F)CCC4C3)cc2)cc1. The first-order valence-corrected chi connectivity index (χ1v) is 16.2. The monoisotopic (exact) mass is 558 g/mol. The van der Waals surface area contributed by atoms with E-state index < -0.39 is 11.6 Å². The van der Waals surface area contributed by atoms with E-state index in [9.17, 15) is 8.78 Å². The highest BCUT2D eigenvalue weighted by Gasteiger charge is 2.36. The summed E-state index contributed by atoms with van der Waals surface area (Å²) in [5.74, 6) is 1.57. The Balaban J connectivity index is 1.11. The van der Waals surface area contributed by atoms with Crippen LogP contribution in [0.25, 0.3) is 11.1 Å². The predicted molar refractivity (Wildman–Crippen MR) is 166 cm³/mol. The Kier molecular flexibility index (Phi) is 10.2. The van der Waals surface area contributed by atoms with Crippen molar-refractivity contribution in [2.45, 2.75) is 97.3 Å². The topological polar surface area (TPSA) is 9.23 Å². The van der Waals surface area contributed by atoms with Gasteiger partial charge in [0.05, 0.1) is 6.61 Å². The molecule has 0 spiro atoms. The number of aryl methyl sites for hydroxylation is 2. The Morgan fingerprint density at radius 3 is 2.15 bits per heavy atom. The average molecular weight is 559 g/mol. The molecule has 5 unspecified atom stereocenters. The number of hydrogen-bond donors (Lipinski definition) is 0. The van der Waals surface area contributed by atoms with Crippen molar-refractivity contribution >= 4 is 0 Å². The number of fused-ring (bicyclic) bond motifs is 1. The summed E-state index contributed by atoms with van der Waals surface area (Å²) in [4.78, 5) is 0. The summed E-state index contributed by atoms with van der Waals surface area (Å²) in [6.45, 7) is 6.99. The van der Waals surface area contributed by atoms with E-state index >= 15 is 0 Å². The van der Waals surface area contributed by atoms with Gasteiger partial charge in [0.15, 0.2) is 11.6 Å². The normalized spacial score (nSPS) is 23.1. The van der Waals surface area contributed by atoms with Gasteiger partial charge in [-0.2, -0.15) is 4.39 Å². The number of hydrogen-bond acceptors (Lipinski definition) is 1. The van der Waals surface area contributed by atoms with E-state index in [1.54, 1.807) is 12.1 Å². The molecule has 0 heterocycles. The van der Waals surface area contributed by atoms with Gasteiger partial charge in [-0.1, -0.05) is 88.2 Å². The van der Waals surface area contributed by atoms with Crippen LogP contribution in [0.15, 0.2) is 60.7 Å². The average Bonchev–Trinajstić information content (AvgIpc) is 3.01. The third kappa shape index (κ3) is 7.40. The molecule has 3 heteroatoms. The van der Waals surface area contributed by atoms with Crippen LogP contribution in [0.4, 0.5) is 8.78 Å². The van der Waals surface area contributed by atoms with Crippen molar-refractivity contribution < 1.29 is 13.5 Å². The van der Waals surface area contributed by atoms with E-state index in [1.807, 2.05) is 0 Å². The molecule has 5 atom stereocenters. The van der Waals surface area contributed by atoms with E-state index in [0.29, 0.717) is 36.3 Å². The molecule has 0 bridgehead atoms. The van der Waals surface area contributed by atoms with Crippen LogP contribution in [-0.4, -0.2) is 6.61 Å². The molecule has 2 fully saturated rings. The molecule has 0 amide bonds. The second kappa shape index (κ2) is 14.0. The fourth-order valence-electron chi connectivity index (χ4n) is 7.23. The third-order valence-electron chi connectivity index (χ3n) is 10.1. The lowest BCUT2D eigenvalue weighted by molar-refractivity contribution is 0.0902. The van der Waals surface area contributed by atoms with Crippen molar-refractivity contribution in [3.63, 3.8) is 0 Å². The van der Waals surface area contributed by atoms with Gasteiger partial charge < -0.3 is 4.74 Å². The zero-order chi connectivity index (χ0) is 28.8. The second-order valence-corrected chi connectivity index (χ2v) is 13.0. The van der Waals surface area contributed by atoms with E-state index in [0.717, 1.165) is 43.9 Å². The van der Waals surface area contributed by atoms with E-state index in [-0.39, 0.29) is 5.75 Å². The standard InChI is InChI=1S/C38H48F2O/c1-4-6-27-8-12-29(13-9-27)30-15-17-31(18-16-30)34-20-19-33-23-28(10-14-35(33)24-34)25-41-36-22-21-32(37(39)38(36)40)11-7-26(3)5-2/h8-9,12-13,15-18,21-22,26,28,33-35H,4-7,10-11,14,19-20,23-25H2,1-3H3. The molecule has 0 N–H and O–H groups in total. The summed E-state index contributed by atoms with van der Waals surface area (Å²) in [6.07, 6.45) is 12.0. The molecule has 2 saturated carbocycles. The second-order valence-electron chi connectivity index (χ2n) is 13.0. The largest absolute Gasteiger partial charge is 0.490 e. The van der Waals surface area contributed by atoms with Crippen LogP contribution >= 0.6 is 0 Å². The van der Waals surface area contributed by atoms with E-state index in [1.165, 1.54) is 54.4 Å². The summed E-state index contributed by atoms with van der Waals surface area (Å²) in [7, 11) is 0. The van der Waals surface area contributed by atoms with E-state index in [4.69, 9.17) is 4.74 Å². The van der Waals surface area contributed by atoms with Crippen LogP contribution in [0.2, 0.25) is 0 Å². The highest BCUT2D eigenvalue weighted by molar-refractivity contribution is 5.64. The zero-order valence-corrected chi connectivity index (χ0v) is 25.3. The molecule has 41 heavy (non-hydrogen) atoms. The minimum atomic E-state index is -0.819. The van der Waals surface area contributed by atoms with Gasteiger partial charge in [0, 0.05) is 0 Å². The van der Waals surface area contributed by atoms with Crippen LogP contribution < -0.4 is 4.74 Å². The van der Waals surface area contributed by atoms with E-state index in [2.05, 4.69) is 69.3 Å². The molecule has 2 aliphatic carbocycles. The Morgan fingerprint density at radius 2 is 1.44 bits per heavy atom. The molecule has 3 aromatic rings. The summed E-state index contributed by atoms with van der Waals surface area (Å²) >= 11 is 0. The Morgan fingerprint density at radius 1 is 0.756 bits per heavy atom. The van der Waals surface area contributed by atoms with Crippen LogP contribution in [0.3, 0.4) is 0 Å². The van der Waals surface area contributed by atoms with Gasteiger partial charge in [-0.15, -0.1) is 0 Å². The molecule has 0 aromatic heterocycles. The van der Waals surface area contributed by atoms with Crippen LogP contribution in [0.1, 0.15) is 101 Å². The number of halogens is 2. The third-order valence-corrected chi connectivity index (χ3v) is 10.1. The first-order valence-electron chi connectivity index (χ1n) is 16.2. The molecule has 220 valence electrons. The molecular weight excluding hydrogens is 510 g/mol. The smallest absolute Gasteiger partial charge is 0.200 e. The zero-order valence-electron chi connectivity index (χ0n) is 25.3. The Labute approximate surface area is 246 Å². The Hall–Kier alpha value is -2.68. The van der Waals surface area contributed by atoms with Gasteiger partial charge in [0.2, 0.25) is 5.82 Å². The fraction of sp³-hybridized carbons (Fsp3) is 0.526. The number of benzene rings is 3.